The first-order valence-corrected chi connectivity index (χ1v) is 7.63. The molecule has 0 bridgehead atoms. The molecule has 0 heterocycles. The Bertz CT molecular complexity index is 260. The smallest absolute Gasteiger partial charge is 0.156 e. The molecule has 0 radical (unpaired) electrons. The number of rotatable bonds is 9. The monoisotopic (exact) mass is 251 g/mol. The summed E-state index contributed by atoms with van der Waals surface area (Å²) in [5.41, 5.74) is 0. The molecule has 1 atom stereocenters. The number of hydrogen-bond acceptors (Lipinski definition) is 4. The van der Waals surface area contributed by atoms with Crippen LogP contribution in [0.25, 0.3) is 0 Å². The summed E-state index contributed by atoms with van der Waals surface area (Å²) in [6.07, 6.45) is 2.06. The fraction of sp³-hybridized carbons (Fsp3) is 1.00. The van der Waals surface area contributed by atoms with Crippen LogP contribution in [-0.4, -0.2) is 45.7 Å². The van der Waals surface area contributed by atoms with Crippen LogP contribution in [0.2, 0.25) is 0 Å². The van der Waals surface area contributed by atoms with Gasteiger partial charge in [-0.15, -0.1) is 0 Å². The van der Waals surface area contributed by atoms with Gasteiger partial charge in [0.2, 0.25) is 0 Å². The van der Waals surface area contributed by atoms with Crippen LogP contribution in [0.15, 0.2) is 0 Å². The minimum absolute atomic E-state index is 0.106. The first-order valence-electron chi connectivity index (χ1n) is 5.91. The van der Waals surface area contributed by atoms with Gasteiger partial charge in [0.05, 0.1) is 17.6 Å². The summed E-state index contributed by atoms with van der Waals surface area (Å²) in [5.74, 6) is 0.106. The normalized spacial score (nSPS) is 14.3. The quantitative estimate of drug-likeness (QED) is 0.669. The van der Waals surface area contributed by atoms with Crippen molar-refractivity contribution < 1.29 is 13.2 Å². The first-order chi connectivity index (χ1) is 7.47. The van der Waals surface area contributed by atoms with Gasteiger partial charge in [-0.1, -0.05) is 13.8 Å². The maximum absolute atomic E-state index is 11.8. The molecule has 1 N–H and O–H groups in total. The molecule has 0 aliphatic heterocycles. The molecule has 98 valence electrons. The topological polar surface area (TPSA) is 55.4 Å². The zero-order valence-corrected chi connectivity index (χ0v) is 11.6. The molecule has 0 aromatic heterocycles. The van der Waals surface area contributed by atoms with Crippen LogP contribution < -0.4 is 5.32 Å². The van der Waals surface area contributed by atoms with Gasteiger partial charge in [0.25, 0.3) is 0 Å². The van der Waals surface area contributed by atoms with Crippen LogP contribution in [0, 0.1) is 0 Å². The van der Waals surface area contributed by atoms with Crippen molar-refractivity contribution in [3.8, 4) is 0 Å². The van der Waals surface area contributed by atoms with Crippen molar-refractivity contribution in [1.82, 2.24) is 5.32 Å². The molecule has 0 saturated heterocycles. The molecular formula is C11H25NO3S. The largest absolute Gasteiger partial charge is 0.384 e. The molecule has 0 saturated carbocycles. The molecular weight excluding hydrogens is 226 g/mol. The zero-order valence-electron chi connectivity index (χ0n) is 10.8. The first kappa shape index (κ1) is 15.9. The summed E-state index contributed by atoms with van der Waals surface area (Å²) in [6, 6.07) is 0.417. The van der Waals surface area contributed by atoms with Crippen molar-refractivity contribution in [2.75, 3.05) is 26.0 Å². The minimum atomic E-state index is -3.02. The third-order valence-electron chi connectivity index (χ3n) is 2.86. The van der Waals surface area contributed by atoms with E-state index < -0.39 is 9.84 Å². The van der Waals surface area contributed by atoms with Gasteiger partial charge in [0, 0.05) is 19.7 Å². The summed E-state index contributed by atoms with van der Waals surface area (Å²) in [5, 5.41) is 2.94. The maximum Gasteiger partial charge on any atom is 0.156 e. The van der Waals surface area contributed by atoms with Gasteiger partial charge in [-0.05, 0) is 19.8 Å². The highest BCUT2D eigenvalue weighted by molar-refractivity contribution is 7.92. The number of ether oxygens (including phenoxy) is 1. The standard InChI is InChI=1S/C11H25NO3S/c1-5-11(6-2)12-9-10(3)16(13,14)8-7-15-4/h10-12H,5-9H2,1-4H3. The molecule has 5 heteroatoms. The summed E-state index contributed by atoms with van der Waals surface area (Å²) in [6.45, 7) is 6.76. The minimum Gasteiger partial charge on any atom is -0.384 e. The lowest BCUT2D eigenvalue weighted by molar-refractivity contribution is 0.217. The van der Waals surface area contributed by atoms with Gasteiger partial charge in [-0.3, -0.25) is 0 Å². The molecule has 0 aromatic rings. The van der Waals surface area contributed by atoms with E-state index in [0.29, 0.717) is 12.6 Å². The van der Waals surface area contributed by atoms with Gasteiger partial charge in [0.15, 0.2) is 9.84 Å². The van der Waals surface area contributed by atoms with E-state index in [2.05, 4.69) is 19.2 Å². The van der Waals surface area contributed by atoms with Crippen molar-refractivity contribution in [3.63, 3.8) is 0 Å². The highest BCUT2D eigenvalue weighted by Crippen LogP contribution is 2.03. The van der Waals surface area contributed by atoms with Crippen molar-refractivity contribution >= 4 is 9.84 Å². The predicted octanol–water partition coefficient (Wildman–Crippen LogP) is 1.21. The lowest BCUT2D eigenvalue weighted by Gasteiger charge is -2.18. The van der Waals surface area contributed by atoms with E-state index >= 15 is 0 Å². The summed E-state index contributed by atoms with van der Waals surface area (Å²) in [7, 11) is -1.51. The van der Waals surface area contributed by atoms with E-state index in [0.717, 1.165) is 12.8 Å². The number of methoxy groups -OCH3 is 1. The number of hydrogen-bond donors (Lipinski definition) is 1. The molecule has 4 nitrogen and oxygen atoms in total. The lowest BCUT2D eigenvalue weighted by atomic mass is 10.2. The van der Waals surface area contributed by atoms with Crippen LogP contribution in [0.4, 0.5) is 0 Å². The second-order valence-electron chi connectivity index (χ2n) is 4.09. The van der Waals surface area contributed by atoms with E-state index in [1.807, 2.05) is 0 Å². The Balaban J connectivity index is 4.08. The van der Waals surface area contributed by atoms with Crippen LogP contribution in [-0.2, 0) is 14.6 Å². The fourth-order valence-electron chi connectivity index (χ4n) is 1.44. The predicted molar refractivity (Wildman–Crippen MR) is 67.5 cm³/mol. The van der Waals surface area contributed by atoms with Crippen LogP contribution in [0.5, 0.6) is 0 Å². The van der Waals surface area contributed by atoms with Gasteiger partial charge in [-0.2, -0.15) is 0 Å². The maximum atomic E-state index is 11.8. The molecule has 1 unspecified atom stereocenters. The number of sulfone groups is 1. The summed E-state index contributed by atoms with van der Waals surface area (Å²) < 4.78 is 28.3. The van der Waals surface area contributed by atoms with E-state index in [-0.39, 0.29) is 17.6 Å². The Morgan fingerprint density at radius 3 is 2.25 bits per heavy atom. The van der Waals surface area contributed by atoms with Crippen LogP contribution in [0.3, 0.4) is 0 Å². The SMILES string of the molecule is CCC(CC)NCC(C)S(=O)(=O)CCOC. The summed E-state index contributed by atoms with van der Waals surface area (Å²) in [4.78, 5) is 0. The third kappa shape index (κ3) is 5.82. The second-order valence-corrected chi connectivity index (χ2v) is 6.63. The molecule has 0 rings (SSSR count). The van der Waals surface area contributed by atoms with Gasteiger partial charge < -0.3 is 10.1 Å². The highest BCUT2D eigenvalue weighted by Gasteiger charge is 2.20. The molecule has 16 heavy (non-hydrogen) atoms. The fourth-order valence-corrected chi connectivity index (χ4v) is 2.59. The average Bonchev–Trinajstić information content (AvgIpc) is 2.27. The van der Waals surface area contributed by atoms with Gasteiger partial charge in [-0.25, -0.2) is 8.42 Å². The van der Waals surface area contributed by atoms with Crippen molar-refractivity contribution in [2.24, 2.45) is 0 Å². The van der Waals surface area contributed by atoms with E-state index in [4.69, 9.17) is 4.74 Å². The van der Waals surface area contributed by atoms with E-state index in [1.54, 1.807) is 6.92 Å². The van der Waals surface area contributed by atoms with Gasteiger partial charge >= 0.3 is 0 Å². The Kier molecular flexibility index (Phi) is 7.97. The Labute approximate surface area is 99.7 Å². The highest BCUT2D eigenvalue weighted by atomic mass is 32.2. The molecule has 0 amide bonds. The Morgan fingerprint density at radius 2 is 1.81 bits per heavy atom. The van der Waals surface area contributed by atoms with Crippen LogP contribution in [0.1, 0.15) is 33.6 Å². The van der Waals surface area contributed by atoms with E-state index in [1.165, 1.54) is 7.11 Å². The Hall–Kier alpha value is -0.130. The molecule has 0 fully saturated rings. The van der Waals surface area contributed by atoms with Crippen molar-refractivity contribution in [2.45, 2.75) is 44.9 Å². The molecule has 0 aromatic carbocycles. The van der Waals surface area contributed by atoms with Gasteiger partial charge in [0.1, 0.15) is 0 Å². The summed E-state index contributed by atoms with van der Waals surface area (Å²) >= 11 is 0. The van der Waals surface area contributed by atoms with E-state index in [9.17, 15) is 8.42 Å². The Morgan fingerprint density at radius 1 is 1.25 bits per heavy atom. The number of nitrogens with one attached hydrogen (secondary N) is 1. The molecule has 0 aliphatic rings. The molecule has 0 aliphatic carbocycles. The molecule has 0 spiro atoms. The zero-order chi connectivity index (χ0) is 12.6. The second kappa shape index (κ2) is 8.03. The van der Waals surface area contributed by atoms with Crippen LogP contribution >= 0.6 is 0 Å². The van der Waals surface area contributed by atoms with Crippen molar-refractivity contribution in [1.29, 1.82) is 0 Å². The lowest BCUT2D eigenvalue weighted by Crippen LogP contribution is -2.38. The average molecular weight is 251 g/mol. The third-order valence-corrected chi connectivity index (χ3v) is 4.99. The van der Waals surface area contributed by atoms with Crippen molar-refractivity contribution in [3.05, 3.63) is 0 Å².